The minimum atomic E-state index is -0.497. The third kappa shape index (κ3) is 1.44. The summed E-state index contributed by atoms with van der Waals surface area (Å²) in [6.07, 6.45) is 3.42. The fraction of sp³-hybridized carbons (Fsp3) is 0. The Bertz CT molecular complexity index is 478. The van der Waals surface area contributed by atoms with Gasteiger partial charge in [-0.05, 0) is 6.07 Å². The Balaban J connectivity index is 2.66. The molecule has 0 atom stereocenters. The summed E-state index contributed by atoms with van der Waals surface area (Å²) in [5, 5.41) is 0. The van der Waals surface area contributed by atoms with Gasteiger partial charge in [-0.1, -0.05) is 0 Å². The molecule has 2 aromatic heterocycles. The molecule has 0 aliphatic heterocycles. The minimum Gasteiger partial charge on any atom is -0.367 e. The van der Waals surface area contributed by atoms with E-state index in [2.05, 4.69) is 15.0 Å². The van der Waals surface area contributed by atoms with E-state index in [9.17, 15) is 9.59 Å². The van der Waals surface area contributed by atoms with E-state index in [0.29, 0.717) is 5.69 Å². The maximum Gasteiger partial charge on any atom is 0.326 e. The summed E-state index contributed by atoms with van der Waals surface area (Å²) < 4.78 is 0. The first-order valence-electron chi connectivity index (χ1n) is 3.72. The Morgan fingerprint density at radius 3 is 2.62 bits per heavy atom. The molecule has 0 aromatic carbocycles. The second kappa shape index (κ2) is 2.78. The van der Waals surface area contributed by atoms with Crippen LogP contribution in [0.5, 0.6) is 0 Å². The van der Waals surface area contributed by atoms with Crippen molar-refractivity contribution in [2.75, 3.05) is 0 Å². The van der Waals surface area contributed by atoms with E-state index < -0.39 is 11.2 Å². The topological polar surface area (TPSA) is 81.5 Å². The second-order valence-electron chi connectivity index (χ2n) is 2.60. The lowest BCUT2D eigenvalue weighted by atomic mass is 10.2. The summed E-state index contributed by atoms with van der Waals surface area (Å²) in [6.45, 7) is 0. The van der Waals surface area contributed by atoms with Crippen LogP contribution in [0.3, 0.4) is 0 Å². The van der Waals surface area contributed by atoms with E-state index in [1.54, 1.807) is 18.5 Å². The van der Waals surface area contributed by atoms with Gasteiger partial charge in [-0.3, -0.25) is 9.78 Å². The van der Waals surface area contributed by atoms with E-state index >= 15 is 0 Å². The normalized spacial score (nSPS) is 10.2. The van der Waals surface area contributed by atoms with Crippen LogP contribution in [0, 0.1) is 0 Å². The van der Waals surface area contributed by atoms with Gasteiger partial charge in [0.25, 0.3) is 5.56 Å². The molecule has 0 spiro atoms. The molecule has 0 unspecified atom stereocenters. The molecule has 2 aromatic rings. The Hall–Kier alpha value is -2.04. The van der Waals surface area contributed by atoms with Gasteiger partial charge >= 0.3 is 5.69 Å². The lowest BCUT2D eigenvalue weighted by Gasteiger charge is -1.94. The van der Waals surface area contributed by atoms with Gasteiger partial charge in [0.1, 0.15) is 0 Å². The van der Waals surface area contributed by atoms with Crippen LogP contribution in [0.15, 0.2) is 34.1 Å². The molecule has 0 aliphatic carbocycles. The first kappa shape index (κ1) is 7.60. The summed E-state index contributed by atoms with van der Waals surface area (Å²) >= 11 is 0. The van der Waals surface area contributed by atoms with Gasteiger partial charge in [0, 0.05) is 24.0 Å². The first-order chi connectivity index (χ1) is 6.25. The van der Waals surface area contributed by atoms with E-state index in [1.165, 1.54) is 6.07 Å². The molecule has 13 heavy (non-hydrogen) atoms. The molecule has 2 heterocycles. The Kier molecular flexibility index (Phi) is 1.63. The molecule has 0 fully saturated rings. The quantitative estimate of drug-likeness (QED) is 0.575. The summed E-state index contributed by atoms with van der Waals surface area (Å²) in [4.78, 5) is 29.3. The van der Waals surface area contributed by atoms with E-state index in [-0.39, 0.29) is 0 Å². The van der Waals surface area contributed by atoms with E-state index in [1.807, 2.05) is 0 Å². The molecular weight excluding hydrogens is 170 g/mol. The number of aromatic amines is 3. The number of H-pyrrole nitrogens is 3. The van der Waals surface area contributed by atoms with Crippen LogP contribution in [0.4, 0.5) is 0 Å². The molecule has 66 valence electrons. The van der Waals surface area contributed by atoms with Crippen molar-refractivity contribution in [3.8, 4) is 11.3 Å². The molecule has 0 aliphatic rings. The summed E-state index contributed by atoms with van der Waals surface area (Å²) in [5.41, 5.74) is 0.391. The SMILES string of the molecule is O=c1cc(-c2cc[nH]c2)[nH]c(=O)[nH]1. The van der Waals surface area contributed by atoms with Crippen molar-refractivity contribution in [2.24, 2.45) is 0 Å². The zero-order valence-corrected chi connectivity index (χ0v) is 6.63. The van der Waals surface area contributed by atoms with Crippen molar-refractivity contribution in [1.29, 1.82) is 0 Å². The largest absolute Gasteiger partial charge is 0.367 e. The van der Waals surface area contributed by atoms with Gasteiger partial charge in [-0.2, -0.15) is 0 Å². The molecule has 0 amide bonds. The first-order valence-corrected chi connectivity index (χ1v) is 3.72. The second-order valence-corrected chi connectivity index (χ2v) is 2.60. The Labute approximate surface area is 72.5 Å². The number of hydrogen-bond donors (Lipinski definition) is 3. The van der Waals surface area contributed by atoms with E-state index in [0.717, 1.165) is 5.56 Å². The molecule has 0 bridgehead atoms. The molecule has 2 rings (SSSR count). The molecule has 3 N–H and O–H groups in total. The summed E-state index contributed by atoms with van der Waals surface area (Å²) in [5.74, 6) is 0. The summed E-state index contributed by atoms with van der Waals surface area (Å²) in [7, 11) is 0. The van der Waals surface area contributed by atoms with Crippen molar-refractivity contribution < 1.29 is 0 Å². The predicted molar refractivity (Wildman–Crippen MR) is 47.5 cm³/mol. The fourth-order valence-corrected chi connectivity index (χ4v) is 1.12. The van der Waals surface area contributed by atoms with Gasteiger partial charge in [0.2, 0.25) is 0 Å². The van der Waals surface area contributed by atoms with E-state index in [4.69, 9.17) is 0 Å². The number of nitrogens with one attached hydrogen (secondary N) is 3. The zero-order chi connectivity index (χ0) is 9.26. The highest BCUT2D eigenvalue weighted by atomic mass is 16.2. The van der Waals surface area contributed by atoms with Crippen LogP contribution >= 0.6 is 0 Å². The Morgan fingerprint density at radius 1 is 1.15 bits per heavy atom. The smallest absolute Gasteiger partial charge is 0.326 e. The van der Waals surface area contributed by atoms with Crippen molar-refractivity contribution >= 4 is 0 Å². The minimum absolute atomic E-state index is 0.403. The van der Waals surface area contributed by atoms with Gasteiger partial charge < -0.3 is 9.97 Å². The van der Waals surface area contributed by atoms with Gasteiger partial charge in [0.15, 0.2) is 0 Å². The molecule has 0 saturated heterocycles. The van der Waals surface area contributed by atoms with Gasteiger partial charge in [-0.25, -0.2) is 4.79 Å². The highest BCUT2D eigenvalue weighted by molar-refractivity contribution is 5.56. The van der Waals surface area contributed by atoms with Crippen LogP contribution in [-0.4, -0.2) is 15.0 Å². The molecule has 5 nitrogen and oxygen atoms in total. The Morgan fingerprint density at radius 2 is 2.00 bits per heavy atom. The van der Waals surface area contributed by atoms with Crippen LogP contribution in [0.25, 0.3) is 11.3 Å². The van der Waals surface area contributed by atoms with Crippen molar-refractivity contribution in [2.45, 2.75) is 0 Å². The highest BCUT2D eigenvalue weighted by Crippen LogP contribution is 2.11. The number of rotatable bonds is 1. The van der Waals surface area contributed by atoms with Gasteiger partial charge in [0.05, 0.1) is 5.69 Å². The highest BCUT2D eigenvalue weighted by Gasteiger charge is 1.99. The van der Waals surface area contributed by atoms with Crippen LogP contribution in [0.1, 0.15) is 0 Å². The number of hydrogen-bond acceptors (Lipinski definition) is 2. The lowest BCUT2D eigenvalue weighted by Crippen LogP contribution is -2.21. The van der Waals surface area contributed by atoms with Crippen molar-refractivity contribution in [3.05, 3.63) is 45.4 Å². The van der Waals surface area contributed by atoms with Crippen LogP contribution in [0.2, 0.25) is 0 Å². The van der Waals surface area contributed by atoms with Crippen LogP contribution < -0.4 is 11.2 Å². The predicted octanol–water partition coefficient (Wildman–Crippen LogP) is 0.0583. The van der Waals surface area contributed by atoms with Crippen molar-refractivity contribution in [1.82, 2.24) is 15.0 Å². The molecular formula is C8H7N3O2. The summed E-state index contributed by atoms with van der Waals surface area (Å²) in [6, 6.07) is 3.11. The average Bonchev–Trinajstić information content (AvgIpc) is 2.53. The third-order valence-corrected chi connectivity index (χ3v) is 1.67. The molecule has 0 saturated carbocycles. The van der Waals surface area contributed by atoms with Crippen LogP contribution in [-0.2, 0) is 0 Å². The van der Waals surface area contributed by atoms with Crippen molar-refractivity contribution in [3.63, 3.8) is 0 Å². The number of aromatic nitrogens is 3. The molecule has 0 radical (unpaired) electrons. The maximum absolute atomic E-state index is 10.9. The lowest BCUT2D eigenvalue weighted by molar-refractivity contribution is 1.04. The fourth-order valence-electron chi connectivity index (χ4n) is 1.12. The third-order valence-electron chi connectivity index (χ3n) is 1.67. The maximum atomic E-state index is 10.9. The average molecular weight is 177 g/mol. The zero-order valence-electron chi connectivity index (χ0n) is 6.63. The standard InChI is InChI=1S/C8H7N3O2/c12-7-3-6(10-8(13)11-7)5-1-2-9-4-5/h1-4,9H,(H2,10,11,12,13). The van der Waals surface area contributed by atoms with Gasteiger partial charge in [-0.15, -0.1) is 0 Å². The molecule has 5 heteroatoms. The monoisotopic (exact) mass is 177 g/mol.